The zero-order valence-corrected chi connectivity index (χ0v) is 13.9. The van der Waals surface area contributed by atoms with E-state index >= 15 is 0 Å². The van der Waals surface area contributed by atoms with Gasteiger partial charge in [-0.15, -0.1) is 0 Å². The molecule has 2 aromatic heterocycles. The lowest BCUT2D eigenvalue weighted by atomic mass is 9.99. The van der Waals surface area contributed by atoms with Gasteiger partial charge in [-0.2, -0.15) is 0 Å². The summed E-state index contributed by atoms with van der Waals surface area (Å²) in [4.78, 5) is 35.0. The van der Waals surface area contributed by atoms with Crippen LogP contribution in [0.15, 0.2) is 24.7 Å². The molecule has 0 bridgehead atoms. The Hall–Kier alpha value is -3.36. The topological polar surface area (TPSA) is 114 Å². The van der Waals surface area contributed by atoms with Gasteiger partial charge in [0.1, 0.15) is 29.4 Å². The molecule has 0 aliphatic carbocycles. The number of nitrogens with one attached hydrogen (secondary N) is 2. The van der Waals surface area contributed by atoms with E-state index < -0.39 is 34.5 Å². The van der Waals surface area contributed by atoms with E-state index in [-0.39, 0.29) is 11.6 Å². The Labute approximate surface area is 146 Å². The fourth-order valence-corrected chi connectivity index (χ4v) is 2.61. The van der Waals surface area contributed by atoms with Crippen molar-refractivity contribution in [3.05, 3.63) is 53.0 Å². The number of H-pyrrole nitrogens is 1. The maximum absolute atomic E-state index is 14.5. The first kappa shape index (κ1) is 17.5. The second-order valence-corrected chi connectivity index (χ2v) is 5.92. The number of ketones is 1. The summed E-state index contributed by atoms with van der Waals surface area (Å²) in [5, 5.41) is 3.35. The SMILES string of the molecule is CC(C)Nc1ncnc2[nH]cc(C(=O)c3c(F)ccc(C(N)=O)c3F)c12. The minimum Gasteiger partial charge on any atom is -0.367 e. The minimum absolute atomic E-state index is 0.00221. The van der Waals surface area contributed by atoms with Crippen LogP contribution in [0.1, 0.15) is 40.1 Å². The molecule has 0 spiro atoms. The molecule has 3 aromatic rings. The molecule has 0 saturated carbocycles. The molecule has 26 heavy (non-hydrogen) atoms. The fourth-order valence-electron chi connectivity index (χ4n) is 2.61. The van der Waals surface area contributed by atoms with Gasteiger partial charge in [0.15, 0.2) is 0 Å². The average molecular weight is 359 g/mol. The van der Waals surface area contributed by atoms with Crippen LogP contribution < -0.4 is 11.1 Å². The summed E-state index contributed by atoms with van der Waals surface area (Å²) in [6, 6.07) is 1.72. The summed E-state index contributed by atoms with van der Waals surface area (Å²) in [5.41, 5.74) is 3.96. The number of aromatic amines is 1. The Morgan fingerprint density at radius 2 is 1.92 bits per heavy atom. The number of nitrogens with two attached hydrogens (primary N) is 1. The standard InChI is InChI=1S/C17H15F2N5O2/c1-7(2)24-17-11-9(5-21-16(11)22-6-23-17)14(25)12-10(18)4-3-8(13(12)19)15(20)26/h3-7H,1-2H3,(H2,20,26)(H2,21,22,23,24). The van der Waals surface area contributed by atoms with E-state index in [1.807, 2.05) is 13.8 Å². The zero-order chi connectivity index (χ0) is 19.0. The van der Waals surface area contributed by atoms with Gasteiger partial charge < -0.3 is 16.0 Å². The van der Waals surface area contributed by atoms with Gasteiger partial charge in [-0.05, 0) is 26.0 Å². The molecule has 0 saturated heterocycles. The number of hydrogen-bond donors (Lipinski definition) is 3. The first-order chi connectivity index (χ1) is 12.3. The van der Waals surface area contributed by atoms with Gasteiger partial charge in [0, 0.05) is 12.2 Å². The van der Waals surface area contributed by atoms with Gasteiger partial charge in [0.2, 0.25) is 5.78 Å². The van der Waals surface area contributed by atoms with Crippen LogP contribution in [0.25, 0.3) is 11.0 Å². The first-order valence-corrected chi connectivity index (χ1v) is 7.72. The third kappa shape index (κ3) is 2.87. The number of primary amides is 1. The van der Waals surface area contributed by atoms with Gasteiger partial charge in [0.25, 0.3) is 5.91 Å². The number of carbonyl (C=O) groups excluding carboxylic acids is 2. The van der Waals surface area contributed by atoms with Crippen molar-refractivity contribution in [2.75, 3.05) is 5.32 Å². The molecule has 0 aliphatic heterocycles. The molecule has 0 aliphatic rings. The maximum atomic E-state index is 14.5. The highest BCUT2D eigenvalue weighted by Crippen LogP contribution is 2.28. The van der Waals surface area contributed by atoms with Crippen LogP contribution in [0.3, 0.4) is 0 Å². The van der Waals surface area contributed by atoms with Crippen LogP contribution >= 0.6 is 0 Å². The molecular formula is C17H15F2N5O2. The Morgan fingerprint density at radius 3 is 2.58 bits per heavy atom. The van der Waals surface area contributed by atoms with E-state index in [4.69, 9.17) is 5.73 Å². The Bertz CT molecular complexity index is 1030. The van der Waals surface area contributed by atoms with Gasteiger partial charge in [0.05, 0.1) is 22.1 Å². The van der Waals surface area contributed by atoms with Crippen molar-refractivity contribution < 1.29 is 18.4 Å². The first-order valence-electron chi connectivity index (χ1n) is 7.72. The molecule has 1 aromatic carbocycles. The van der Waals surface area contributed by atoms with E-state index in [0.29, 0.717) is 16.9 Å². The monoisotopic (exact) mass is 359 g/mol. The number of benzene rings is 1. The summed E-state index contributed by atoms with van der Waals surface area (Å²) in [7, 11) is 0. The summed E-state index contributed by atoms with van der Waals surface area (Å²) in [6.07, 6.45) is 2.59. The number of hydrogen-bond acceptors (Lipinski definition) is 5. The average Bonchev–Trinajstić information content (AvgIpc) is 2.99. The Morgan fingerprint density at radius 1 is 1.19 bits per heavy atom. The van der Waals surface area contributed by atoms with Crippen LogP contribution in [0.4, 0.5) is 14.6 Å². The quantitative estimate of drug-likeness (QED) is 0.605. The number of fused-ring (bicyclic) bond motifs is 1. The number of nitrogens with zero attached hydrogens (tertiary/aromatic N) is 2. The van der Waals surface area contributed by atoms with Gasteiger partial charge in [-0.3, -0.25) is 9.59 Å². The molecule has 2 heterocycles. The van der Waals surface area contributed by atoms with Gasteiger partial charge in [-0.25, -0.2) is 18.7 Å². The minimum atomic E-state index is -1.30. The van der Waals surface area contributed by atoms with E-state index in [2.05, 4.69) is 20.3 Å². The highest BCUT2D eigenvalue weighted by molar-refractivity contribution is 6.18. The number of amides is 1. The molecule has 0 atom stereocenters. The highest BCUT2D eigenvalue weighted by Gasteiger charge is 2.27. The fraction of sp³-hybridized carbons (Fsp3) is 0.176. The lowest BCUT2D eigenvalue weighted by Crippen LogP contribution is -2.17. The van der Waals surface area contributed by atoms with Crippen molar-refractivity contribution in [3.63, 3.8) is 0 Å². The van der Waals surface area contributed by atoms with Crippen molar-refractivity contribution >= 4 is 28.5 Å². The Balaban J connectivity index is 2.21. The number of halogens is 2. The second-order valence-electron chi connectivity index (χ2n) is 5.92. The largest absolute Gasteiger partial charge is 0.367 e. The lowest BCUT2D eigenvalue weighted by molar-refractivity contribution is 0.0996. The summed E-state index contributed by atoms with van der Waals surface area (Å²) < 4.78 is 28.7. The summed E-state index contributed by atoms with van der Waals surface area (Å²) in [6.45, 7) is 3.75. The van der Waals surface area contributed by atoms with E-state index in [9.17, 15) is 18.4 Å². The van der Waals surface area contributed by atoms with Crippen LogP contribution in [-0.2, 0) is 0 Å². The molecular weight excluding hydrogens is 344 g/mol. The van der Waals surface area contributed by atoms with Crippen molar-refractivity contribution in [2.45, 2.75) is 19.9 Å². The van der Waals surface area contributed by atoms with Crippen molar-refractivity contribution in [1.82, 2.24) is 15.0 Å². The normalized spacial score (nSPS) is 11.1. The number of rotatable bonds is 5. The molecule has 0 radical (unpaired) electrons. The number of carbonyl (C=O) groups is 2. The number of anilines is 1. The molecule has 0 fully saturated rings. The van der Waals surface area contributed by atoms with Crippen molar-refractivity contribution in [3.8, 4) is 0 Å². The highest BCUT2D eigenvalue weighted by atomic mass is 19.1. The zero-order valence-electron chi connectivity index (χ0n) is 13.9. The molecule has 3 rings (SSSR count). The van der Waals surface area contributed by atoms with Gasteiger partial charge in [-0.1, -0.05) is 0 Å². The van der Waals surface area contributed by atoms with Crippen LogP contribution in [-0.4, -0.2) is 32.7 Å². The predicted octanol–water partition coefficient (Wildman–Crippen LogP) is 2.39. The van der Waals surface area contributed by atoms with Crippen LogP contribution in [0.5, 0.6) is 0 Å². The van der Waals surface area contributed by atoms with Crippen molar-refractivity contribution in [2.24, 2.45) is 5.73 Å². The third-order valence-corrected chi connectivity index (χ3v) is 3.72. The molecule has 7 nitrogen and oxygen atoms in total. The second kappa shape index (κ2) is 6.51. The molecule has 9 heteroatoms. The third-order valence-electron chi connectivity index (χ3n) is 3.72. The Kier molecular flexibility index (Phi) is 4.37. The molecule has 4 N–H and O–H groups in total. The summed E-state index contributed by atoms with van der Waals surface area (Å²) >= 11 is 0. The van der Waals surface area contributed by atoms with Crippen molar-refractivity contribution in [1.29, 1.82) is 0 Å². The lowest BCUT2D eigenvalue weighted by Gasteiger charge is -2.11. The summed E-state index contributed by atoms with van der Waals surface area (Å²) in [5.74, 6) is -4.09. The van der Waals surface area contributed by atoms with E-state index in [1.54, 1.807) is 0 Å². The van der Waals surface area contributed by atoms with E-state index in [0.717, 1.165) is 12.1 Å². The van der Waals surface area contributed by atoms with Crippen LogP contribution in [0.2, 0.25) is 0 Å². The van der Waals surface area contributed by atoms with Crippen LogP contribution in [0, 0.1) is 11.6 Å². The van der Waals surface area contributed by atoms with E-state index in [1.165, 1.54) is 12.5 Å². The van der Waals surface area contributed by atoms with Gasteiger partial charge >= 0.3 is 0 Å². The molecule has 0 unspecified atom stereocenters. The maximum Gasteiger partial charge on any atom is 0.251 e. The molecule has 134 valence electrons. The number of aromatic nitrogens is 3. The smallest absolute Gasteiger partial charge is 0.251 e. The predicted molar refractivity (Wildman–Crippen MR) is 91.0 cm³/mol. The molecule has 1 amide bonds.